The molecular formula is C9H19O11P. The van der Waals surface area contributed by atoms with Crippen molar-refractivity contribution < 1.29 is 53.9 Å². The number of ether oxygens (including phenoxy) is 2. The highest BCUT2D eigenvalue weighted by atomic mass is 31.2. The number of aliphatic hydroxyl groups is 5. The number of hydrogen-bond acceptors (Lipinski definition) is 9. The Morgan fingerprint density at radius 2 is 1.71 bits per heavy atom. The predicted molar refractivity (Wildman–Crippen MR) is 63.7 cm³/mol. The van der Waals surface area contributed by atoms with E-state index < -0.39 is 64.5 Å². The topological polar surface area (TPSA) is 186 Å². The summed E-state index contributed by atoms with van der Waals surface area (Å²) in [4.78, 5) is 16.9. The fraction of sp³-hybridized carbons (Fsp3) is 1.00. The Morgan fingerprint density at radius 1 is 1.10 bits per heavy atom. The number of hydrogen-bond donors (Lipinski definition) is 7. The Morgan fingerprint density at radius 3 is 2.24 bits per heavy atom. The molecule has 1 rings (SSSR count). The van der Waals surface area contributed by atoms with E-state index >= 15 is 0 Å². The molecule has 0 unspecified atom stereocenters. The minimum atomic E-state index is -4.72. The number of aliphatic hydroxyl groups excluding tert-OH is 5. The van der Waals surface area contributed by atoms with Crippen LogP contribution in [-0.4, -0.2) is 91.9 Å². The van der Waals surface area contributed by atoms with Crippen LogP contribution >= 0.6 is 7.82 Å². The molecule has 1 aliphatic rings. The lowest BCUT2D eigenvalue weighted by atomic mass is 9.99. The average molecular weight is 334 g/mol. The molecule has 0 amide bonds. The third-order valence-electron chi connectivity index (χ3n) is 2.74. The standard InChI is InChI=1S/C9H19O11P/c10-1-5-6(12)7(13)8(14)9(20-5)18-2-4(11)3-19-21(15,16)17/h4-14H,1-3H2,(H2,15,16,17)/t4-,5-,6+,7+,8-,9+/m1/s1. The fourth-order valence-corrected chi connectivity index (χ4v) is 2.01. The minimum Gasteiger partial charge on any atom is -0.394 e. The zero-order valence-corrected chi connectivity index (χ0v) is 11.7. The molecule has 0 aliphatic carbocycles. The molecule has 7 N–H and O–H groups in total. The quantitative estimate of drug-likeness (QED) is 0.227. The summed E-state index contributed by atoms with van der Waals surface area (Å²) >= 11 is 0. The summed E-state index contributed by atoms with van der Waals surface area (Å²) in [5.74, 6) is 0. The second-order valence-electron chi connectivity index (χ2n) is 4.47. The van der Waals surface area contributed by atoms with Gasteiger partial charge in [-0.05, 0) is 0 Å². The second-order valence-corrected chi connectivity index (χ2v) is 5.71. The Bertz CT molecular complexity index is 358. The Hall–Kier alpha value is -0.170. The van der Waals surface area contributed by atoms with E-state index in [4.69, 9.17) is 24.4 Å². The van der Waals surface area contributed by atoms with Gasteiger partial charge in [0.1, 0.15) is 30.5 Å². The van der Waals surface area contributed by atoms with Gasteiger partial charge < -0.3 is 44.8 Å². The summed E-state index contributed by atoms with van der Waals surface area (Å²) in [6.45, 7) is -1.88. The SMILES string of the molecule is O=P(O)(O)OC[C@H](O)CO[C@H]1O[C@H](CO)[C@H](O)[C@H](O)[C@H]1O. The van der Waals surface area contributed by atoms with Gasteiger partial charge in [0.15, 0.2) is 6.29 Å². The van der Waals surface area contributed by atoms with Crippen LogP contribution in [0.1, 0.15) is 0 Å². The molecule has 1 fully saturated rings. The van der Waals surface area contributed by atoms with Crippen molar-refractivity contribution >= 4 is 7.82 Å². The normalized spacial score (nSPS) is 35.7. The lowest BCUT2D eigenvalue weighted by molar-refractivity contribution is -0.304. The van der Waals surface area contributed by atoms with Crippen molar-refractivity contribution in [1.29, 1.82) is 0 Å². The summed E-state index contributed by atoms with van der Waals surface area (Å²) in [6.07, 6.45) is -8.80. The molecule has 0 spiro atoms. The smallest absolute Gasteiger partial charge is 0.394 e. The highest BCUT2D eigenvalue weighted by Crippen LogP contribution is 2.35. The molecule has 21 heavy (non-hydrogen) atoms. The Balaban J connectivity index is 2.44. The van der Waals surface area contributed by atoms with Crippen molar-refractivity contribution in [1.82, 2.24) is 0 Å². The van der Waals surface area contributed by atoms with Crippen molar-refractivity contribution in [2.24, 2.45) is 0 Å². The van der Waals surface area contributed by atoms with Crippen LogP contribution < -0.4 is 0 Å². The molecule has 6 atom stereocenters. The maximum atomic E-state index is 10.4. The van der Waals surface area contributed by atoms with Crippen LogP contribution in [0.3, 0.4) is 0 Å². The van der Waals surface area contributed by atoms with E-state index in [9.17, 15) is 25.0 Å². The van der Waals surface area contributed by atoms with Gasteiger partial charge >= 0.3 is 7.82 Å². The number of phosphoric ester groups is 1. The van der Waals surface area contributed by atoms with Crippen molar-refractivity contribution in [2.75, 3.05) is 19.8 Å². The van der Waals surface area contributed by atoms with Gasteiger partial charge in [0, 0.05) is 0 Å². The molecule has 0 bridgehead atoms. The maximum Gasteiger partial charge on any atom is 0.469 e. The number of phosphoric acid groups is 1. The zero-order valence-electron chi connectivity index (χ0n) is 10.8. The van der Waals surface area contributed by atoms with Crippen LogP contribution in [0.25, 0.3) is 0 Å². The van der Waals surface area contributed by atoms with Crippen LogP contribution in [0.5, 0.6) is 0 Å². The summed E-state index contributed by atoms with van der Waals surface area (Å²) in [5.41, 5.74) is 0. The van der Waals surface area contributed by atoms with Crippen molar-refractivity contribution in [3.05, 3.63) is 0 Å². The van der Waals surface area contributed by atoms with Gasteiger partial charge in [0.25, 0.3) is 0 Å². The van der Waals surface area contributed by atoms with Crippen molar-refractivity contribution in [3.8, 4) is 0 Å². The third kappa shape index (κ3) is 5.85. The lowest BCUT2D eigenvalue weighted by Crippen LogP contribution is -2.59. The zero-order chi connectivity index (χ0) is 16.2. The van der Waals surface area contributed by atoms with Crippen LogP contribution in [0.4, 0.5) is 0 Å². The number of rotatable bonds is 7. The van der Waals surface area contributed by atoms with Gasteiger partial charge in [-0.2, -0.15) is 0 Å². The van der Waals surface area contributed by atoms with Crippen LogP contribution in [0, 0.1) is 0 Å². The predicted octanol–water partition coefficient (Wildman–Crippen LogP) is -3.73. The summed E-state index contributed by atoms with van der Waals surface area (Å²) in [6, 6.07) is 0. The second kappa shape index (κ2) is 7.90. The molecule has 11 nitrogen and oxygen atoms in total. The Labute approximate surface area is 119 Å². The van der Waals surface area contributed by atoms with Crippen molar-refractivity contribution in [3.63, 3.8) is 0 Å². The van der Waals surface area contributed by atoms with Crippen molar-refractivity contribution in [2.45, 2.75) is 36.8 Å². The van der Waals surface area contributed by atoms with E-state index in [0.717, 1.165) is 0 Å². The third-order valence-corrected chi connectivity index (χ3v) is 3.22. The summed E-state index contributed by atoms with van der Waals surface area (Å²) < 4.78 is 24.4. The van der Waals surface area contributed by atoms with E-state index in [1.165, 1.54) is 0 Å². The van der Waals surface area contributed by atoms with E-state index in [1.807, 2.05) is 0 Å². The van der Waals surface area contributed by atoms with Crippen LogP contribution in [0.2, 0.25) is 0 Å². The first-order chi connectivity index (χ1) is 9.65. The first-order valence-corrected chi connectivity index (χ1v) is 7.49. The van der Waals surface area contributed by atoms with Gasteiger partial charge in [0.05, 0.1) is 19.8 Å². The average Bonchev–Trinajstić information content (AvgIpc) is 2.41. The van der Waals surface area contributed by atoms with Gasteiger partial charge in [-0.15, -0.1) is 0 Å². The minimum absolute atomic E-state index is 0.525. The molecule has 0 radical (unpaired) electrons. The first kappa shape index (κ1) is 18.9. The van der Waals surface area contributed by atoms with E-state index in [1.54, 1.807) is 0 Å². The van der Waals surface area contributed by atoms with Gasteiger partial charge in [-0.3, -0.25) is 4.52 Å². The van der Waals surface area contributed by atoms with E-state index in [0.29, 0.717) is 0 Å². The summed E-state index contributed by atoms with van der Waals surface area (Å²) in [5, 5.41) is 46.9. The molecule has 1 heterocycles. The molecule has 1 aliphatic heterocycles. The molecule has 0 saturated carbocycles. The molecule has 0 aromatic heterocycles. The van der Waals surface area contributed by atoms with Gasteiger partial charge in [-0.25, -0.2) is 4.57 Å². The van der Waals surface area contributed by atoms with E-state index in [2.05, 4.69) is 4.52 Å². The monoisotopic (exact) mass is 334 g/mol. The molecule has 126 valence electrons. The van der Waals surface area contributed by atoms with Gasteiger partial charge in [-0.1, -0.05) is 0 Å². The largest absolute Gasteiger partial charge is 0.469 e. The highest BCUT2D eigenvalue weighted by Gasteiger charge is 2.44. The molecule has 12 heteroatoms. The molecule has 0 aromatic carbocycles. The highest BCUT2D eigenvalue weighted by molar-refractivity contribution is 7.46. The fourth-order valence-electron chi connectivity index (χ4n) is 1.64. The van der Waals surface area contributed by atoms with Gasteiger partial charge in [0.2, 0.25) is 0 Å². The van der Waals surface area contributed by atoms with E-state index in [-0.39, 0.29) is 0 Å². The Kier molecular flexibility index (Phi) is 7.10. The first-order valence-electron chi connectivity index (χ1n) is 5.96. The van der Waals surface area contributed by atoms with Crippen LogP contribution in [0.15, 0.2) is 0 Å². The molecular weight excluding hydrogens is 315 g/mol. The molecule has 1 saturated heterocycles. The molecule has 0 aromatic rings. The van der Waals surface area contributed by atoms with Crippen LogP contribution in [-0.2, 0) is 18.6 Å². The lowest BCUT2D eigenvalue weighted by Gasteiger charge is -2.39. The maximum absolute atomic E-state index is 10.4. The summed E-state index contributed by atoms with van der Waals surface area (Å²) in [7, 11) is -4.72.